The maximum Gasteiger partial charge on any atom is 0.223 e. The molecule has 0 bridgehead atoms. The lowest BCUT2D eigenvalue weighted by molar-refractivity contribution is -0.122. The van der Waals surface area contributed by atoms with Crippen LogP contribution in [0.4, 0.5) is 0 Å². The van der Waals surface area contributed by atoms with Crippen LogP contribution in [0.5, 0.6) is 0 Å². The van der Waals surface area contributed by atoms with Gasteiger partial charge in [-0.25, -0.2) is 0 Å². The van der Waals surface area contributed by atoms with Gasteiger partial charge in [-0.2, -0.15) is 0 Å². The summed E-state index contributed by atoms with van der Waals surface area (Å²) in [4.78, 5) is 19.1. The molecule has 0 saturated heterocycles. The Morgan fingerprint density at radius 2 is 1.86 bits per heavy atom. The summed E-state index contributed by atoms with van der Waals surface area (Å²) in [6, 6.07) is 9.21. The Morgan fingerprint density at radius 1 is 1.14 bits per heavy atom. The fourth-order valence-electron chi connectivity index (χ4n) is 3.73. The molecule has 1 aromatic rings. The van der Waals surface area contributed by atoms with Crippen LogP contribution >= 0.6 is 24.0 Å². The van der Waals surface area contributed by atoms with E-state index >= 15 is 0 Å². The van der Waals surface area contributed by atoms with Gasteiger partial charge in [-0.3, -0.25) is 14.7 Å². The van der Waals surface area contributed by atoms with Crippen LogP contribution in [0.2, 0.25) is 0 Å². The van der Waals surface area contributed by atoms with Crippen LogP contribution in [-0.2, 0) is 17.8 Å². The maximum absolute atomic E-state index is 11.7. The third-order valence-corrected chi connectivity index (χ3v) is 5.62. The predicted octanol–water partition coefficient (Wildman–Crippen LogP) is 2.52. The Balaban J connectivity index is 0.00000300. The fraction of sp³-hybridized carbons (Fsp3) is 0.636. The lowest BCUT2D eigenvalue weighted by Gasteiger charge is -2.34. The normalized spacial score (nSPS) is 17.7. The van der Waals surface area contributed by atoms with Crippen LogP contribution < -0.4 is 16.0 Å². The molecule has 1 aliphatic carbocycles. The SMILES string of the molecule is CCNC(=NCC(CC)N1CCc2ccccc2C1)NCCNC(=O)C1CC1.I. The van der Waals surface area contributed by atoms with Gasteiger partial charge in [0.25, 0.3) is 0 Å². The van der Waals surface area contributed by atoms with Crippen molar-refractivity contribution in [2.75, 3.05) is 32.7 Å². The average molecular weight is 513 g/mol. The van der Waals surface area contributed by atoms with Crippen molar-refractivity contribution in [2.45, 2.75) is 52.1 Å². The number of guanidine groups is 1. The first kappa shape index (κ1) is 23.9. The zero-order valence-electron chi connectivity index (χ0n) is 17.7. The van der Waals surface area contributed by atoms with E-state index in [0.29, 0.717) is 19.1 Å². The minimum absolute atomic E-state index is 0. The number of carbonyl (C=O) groups is 1. The predicted molar refractivity (Wildman–Crippen MR) is 130 cm³/mol. The number of carbonyl (C=O) groups excluding carboxylic acids is 1. The highest BCUT2D eigenvalue weighted by atomic mass is 127. The smallest absolute Gasteiger partial charge is 0.223 e. The monoisotopic (exact) mass is 513 g/mol. The molecule has 1 aromatic carbocycles. The van der Waals surface area contributed by atoms with Crippen LogP contribution in [0, 0.1) is 5.92 Å². The molecule has 2 aliphatic rings. The molecule has 1 heterocycles. The molecule has 3 rings (SSSR count). The van der Waals surface area contributed by atoms with Crippen molar-refractivity contribution in [3.8, 4) is 0 Å². The van der Waals surface area contributed by atoms with Crippen molar-refractivity contribution in [1.29, 1.82) is 0 Å². The van der Waals surface area contributed by atoms with Gasteiger partial charge in [-0.1, -0.05) is 31.2 Å². The number of hydrogen-bond donors (Lipinski definition) is 3. The lowest BCUT2D eigenvalue weighted by atomic mass is 9.98. The van der Waals surface area contributed by atoms with Gasteiger partial charge in [0.15, 0.2) is 5.96 Å². The maximum atomic E-state index is 11.7. The Labute approximate surface area is 192 Å². The quantitative estimate of drug-likeness (QED) is 0.206. The van der Waals surface area contributed by atoms with Crippen LogP contribution in [-0.4, -0.2) is 55.5 Å². The van der Waals surface area contributed by atoms with Gasteiger partial charge in [0.2, 0.25) is 5.91 Å². The number of nitrogens with one attached hydrogen (secondary N) is 3. The van der Waals surface area contributed by atoms with E-state index in [1.54, 1.807) is 0 Å². The number of amides is 1. The van der Waals surface area contributed by atoms with Gasteiger partial charge in [0.05, 0.1) is 6.54 Å². The lowest BCUT2D eigenvalue weighted by Crippen LogP contribution is -2.44. The average Bonchev–Trinajstić information content (AvgIpc) is 3.56. The van der Waals surface area contributed by atoms with E-state index in [1.807, 2.05) is 0 Å². The minimum Gasteiger partial charge on any atom is -0.357 e. The van der Waals surface area contributed by atoms with E-state index in [4.69, 9.17) is 4.99 Å². The molecular weight excluding hydrogens is 477 g/mol. The van der Waals surface area contributed by atoms with Crippen LogP contribution in [0.15, 0.2) is 29.3 Å². The first-order valence-electron chi connectivity index (χ1n) is 10.8. The zero-order valence-corrected chi connectivity index (χ0v) is 20.1. The summed E-state index contributed by atoms with van der Waals surface area (Å²) in [6.07, 6.45) is 4.30. The van der Waals surface area contributed by atoms with Crippen molar-refractivity contribution in [3.05, 3.63) is 35.4 Å². The molecular formula is C22H36IN5O. The standard InChI is InChI=1S/C22H35N5O.HI/c1-3-20(27-14-11-17-7-5-6-8-19(17)16-27)15-26-22(23-4-2)25-13-12-24-21(28)18-9-10-18;/h5-8,18,20H,3-4,9-16H2,1-2H3,(H,24,28)(H2,23,25,26);1H. The van der Waals surface area contributed by atoms with Crippen molar-refractivity contribution in [1.82, 2.24) is 20.9 Å². The highest BCUT2D eigenvalue weighted by Gasteiger charge is 2.29. The number of hydrogen-bond acceptors (Lipinski definition) is 3. The van der Waals surface area contributed by atoms with E-state index in [2.05, 4.69) is 59.0 Å². The third kappa shape index (κ3) is 7.44. The summed E-state index contributed by atoms with van der Waals surface area (Å²) < 4.78 is 0. The molecule has 1 amide bonds. The summed E-state index contributed by atoms with van der Waals surface area (Å²) in [5, 5.41) is 9.64. The van der Waals surface area contributed by atoms with Gasteiger partial charge in [-0.05, 0) is 43.7 Å². The van der Waals surface area contributed by atoms with Gasteiger partial charge in [-0.15, -0.1) is 24.0 Å². The molecule has 3 N–H and O–H groups in total. The second-order valence-corrected chi connectivity index (χ2v) is 7.76. The topological polar surface area (TPSA) is 68.8 Å². The van der Waals surface area contributed by atoms with Crippen LogP contribution in [0.1, 0.15) is 44.2 Å². The van der Waals surface area contributed by atoms with Gasteiger partial charge >= 0.3 is 0 Å². The largest absolute Gasteiger partial charge is 0.357 e. The fourth-order valence-corrected chi connectivity index (χ4v) is 3.73. The number of benzene rings is 1. The summed E-state index contributed by atoms with van der Waals surface area (Å²) in [5.74, 6) is 1.29. The highest BCUT2D eigenvalue weighted by Crippen LogP contribution is 2.28. The highest BCUT2D eigenvalue weighted by molar-refractivity contribution is 14.0. The van der Waals surface area contributed by atoms with Gasteiger partial charge < -0.3 is 16.0 Å². The van der Waals surface area contributed by atoms with Crippen LogP contribution in [0.3, 0.4) is 0 Å². The second kappa shape index (κ2) is 12.4. The molecule has 1 fully saturated rings. The molecule has 1 aliphatic heterocycles. The molecule has 0 spiro atoms. The Morgan fingerprint density at radius 3 is 2.55 bits per heavy atom. The first-order valence-corrected chi connectivity index (χ1v) is 10.8. The number of aliphatic imine (C=N–C) groups is 1. The summed E-state index contributed by atoms with van der Waals surface area (Å²) in [5.41, 5.74) is 2.94. The molecule has 7 heteroatoms. The summed E-state index contributed by atoms with van der Waals surface area (Å²) in [7, 11) is 0. The van der Waals surface area contributed by atoms with Gasteiger partial charge in [0.1, 0.15) is 0 Å². The Bertz CT molecular complexity index is 677. The van der Waals surface area contributed by atoms with Crippen molar-refractivity contribution in [2.24, 2.45) is 10.9 Å². The van der Waals surface area contributed by atoms with E-state index in [-0.39, 0.29) is 35.8 Å². The van der Waals surface area contributed by atoms with E-state index in [9.17, 15) is 4.79 Å². The molecule has 1 unspecified atom stereocenters. The van der Waals surface area contributed by atoms with Crippen LogP contribution in [0.25, 0.3) is 0 Å². The Kier molecular flexibility index (Phi) is 10.2. The third-order valence-electron chi connectivity index (χ3n) is 5.62. The van der Waals surface area contributed by atoms with E-state index < -0.39 is 0 Å². The molecule has 162 valence electrons. The summed E-state index contributed by atoms with van der Waals surface area (Å²) in [6.45, 7) is 9.37. The van der Waals surface area contributed by atoms with Crippen molar-refractivity contribution in [3.63, 3.8) is 0 Å². The molecule has 1 atom stereocenters. The number of halogens is 1. The number of nitrogens with zero attached hydrogens (tertiary/aromatic N) is 2. The Hall–Kier alpha value is -1.35. The first-order chi connectivity index (χ1) is 13.7. The molecule has 0 radical (unpaired) electrons. The summed E-state index contributed by atoms with van der Waals surface area (Å²) >= 11 is 0. The van der Waals surface area contributed by atoms with E-state index in [0.717, 1.165) is 57.8 Å². The second-order valence-electron chi connectivity index (χ2n) is 7.76. The van der Waals surface area contributed by atoms with E-state index in [1.165, 1.54) is 11.1 Å². The number of rotatable bonds is 9. The molecule has 1 saturated carbocycles. The van der Waals surface area contributed by atoms with Crippen molar-refractivity contribution < 1.29 is 4.79 Å². The number of fused-ring (bicyclic) bond motifs is 1. The zero-order chi connectivity index (χ0) is 19.8. The van der Waals surface area contributed by atoms with Gasteiger partial charge in [0, 0.05) is 44.7 Å². The van der Waals surface area contributed by atoms with Crippen molar-refractivity contribution >= 4 is 35.8 Å². The minimum atomic E-state index is 0. The molecule has 6 nitrogen and oxygen atoms in total. The molecule has 0 aromatic heterocycles. The molecule has 29 heavy (non-hydrogen) atoms.